The molecule has 0 aromatic carbocycles. The van der Waals surface area contributed by atoms with E-state index >= 15 is 0 Å². The van der Waals surface area contributed by atoms with E-state index in [2.05, 4.69) is 12.2 Å². The van der Waals surface area contributed by atoms with E-state index in [0.717, 1.165) is 32.5 Å². The highest BCUT2D eigenvalue weighted by atomic mass is 19.4. The van der Waals surface area contributed by atoms with Crippen molar-refractivity contribution in [1.29, 1.82) is 0 Å². The zero-order chi connectivity index (χ0) is 13.9. The van der Waals surface area contributed by atoms with Gasteiger partial charge < -0.3 is 10.1 Å². The van der Waals surface area contributed by atoms with Crippen LogP contribution in [0.4, 0.5) is 13.2 Å². The summed E-state index contributed by atoms with van der Waals surface area (Å²) in [5.74, 6) is -0.569. The minimum absolute atomic E-state index is 0.0261. The topological polar surface area (TPSA) is 21.3 Å². The predicted molar refractivity (Wildman–Crippen MR) is 67.9 cm³/mol. The summed E-state index contributed by atoms with van der Waals surface area (Å²) in [6.07, 6.45) is 0.113. The molecule has 0 bridgehead atoms. The summed E-state index contributed by atoms with van der Waals surface area (Å²) >= 11 is 0. The molecule has 3 unspecified atom stereocenters. The van der Waals surface area contributed by atoms with Gasteiger partial charge in [-0.3, -0.25) is 0 Å². The SMILES string of the molecule is CC(NC1CCCC(C(F)(F)F)C1)C1CCOCC1. The van der Waals surface area contributed by atoms with E-state index in [1.54, 1.807) is 0 Å². The Bertz CT molecular complexity index is 276. The van der Waals surface area contributed by atoms with Crippen molar-refractivity contribution in [2.24, 2.45) is 11.8 Å². The fraction of sp³-hybridized carbons (Fsp3) is 1.00. The molecular formula is C14H24F3NO. The molecule has 0 aromatic rings. The summed E-state index contributed by atoms with van der Waals surface area (Å²) in [7, 11) is 0. The van der Waals surface area contributed by atoms with Gasteiger partial charge in [0.1, 0.15) is 0 Å². The lowest BCUT2D eigenvalue weighted by molar-refractivity contribution is -0.184. The summed E-state index contributed by atoms with van der Waals surface area (Å²) in [4.78, 5) is 0. The second-order valence-corrected chi connectivity index (χ2v) is 6.01. The number of nitrogens with one attached hydrogen (secondary N) is 1. The van der Waals surface area contributed by atoms with Crippen molar-refractivity contribution in [2.75, 3.05) is 13.2 Å². The molecule has 0 radical (unpaired) electrons. The Hall–Kier alpha value is -0.290. The van der Waals surface area contributed by atoms with Crippen LogP contribution >= 0.6 is 0 Å². The second-order valence-electron chi connectivity index (χ2n) is 6.01. The van der Waals surface area contributed by atoms with Gasteiger partial charge in [0, 0.05) is 25.3 Å². The van der Waals surface area contributed by atoms with Gasteiger partial charge in [-0.1, -0.05) is 6.42 Å². The van der Waals surface area contributed by atoms with E-state index in [0.29, 0.717) is 24.8 Å². The fourth-order valence-electron chi connectivity index (χ4n) is 3.36. The third-order valence-electron chi connectivity index (χ3n) is 4.61. The molecule has 1 N–H and O–H groups in total. The first-order chi connectivity index (χ1) is 8.97. The van der Waals surface area contributed by atoms with Gasteiger partial charge in [0.2, 0.25) is 0 Å². The minimum atomic E-state index is -4.03. The van der Waals surface area contributed by atoms with E-state index in [1.165, 1.54) is 0 Å². The first-order valence-electron chi connectivity index (χ1n) is 7.37. The lowest BCUT2D eigenvalue weighted by Gasteiger charge is -2.36. The van der Waals surface area contributed by atoms with Crippen molar-refractivity contribution >= 4 is 0 Å². The maximum Gasteiger partial charge on any atom is 0.391 e. The molecule has 1 saturated heterocycles. The Labute approximate surface area is 113 Å². The molecule has 2 nitrogen and oxygen atoms in total. The Morgan fingerprint density at radius 1 is 1.11 bits per heavy atom. The van der Waals surface area contributed by atoms with Crippen molar-refractivity contribution < 1.29 is 17.9 Å². The largest absolute Gasteiger partial charge is 0.391 e. The third-order valence-corrected chi connectivity index (χ3v) is 4.61. The normalized spacial score (nSPS) is 32.2. The maximum absolute atomic E-state index is 12.8. The molecule has 2 fully saturated rings. The van der Waals surface area contributed by atoms with E-state index in [9.17, 15) is 13.2 Å². The van der Waals surface area contributed by atoms with Gasteiger partial charge in [-0.2, -0.15) is 13.2 Å². The van der Waals surface area contributed by atoms with Gasteiger partial charge in [-0.15, -0.1) is 0 Å². The van der Waals surface area contributed by atoms with Crippen LogP contribution in [0.2, 0.25) is 0 Å². The van der Waals surface area contributed by atoms with Crippen molar-refractivity contribution in [1.82, 2.24) is 5.32 Å². The van der Waals surface area contributed by atoms with Gasteiger partial charge in [-0.25, -0.2) is 0 Å². The van der Waals surface area contributed by atoms with Crippen molar-refractivity contribution in [3.63, 3.8) is 0 Å². The van der Waals surface area contributed by atoms with Crippen LogP contribution < -0.4 is 5.32 Å². The number of rotatable bonds is 3. The number of hydrogen-bond donors (Lipinski definition) is 1. The minimum Gasteiger partial charge on any atom is -0.381 e. The number of hydrogen-bond acceptors (Lipinski definition) is 2. The lowest BCUT2D eigenvalue weighted by Crippen LogP contribution is -2.46. The zero-order valence-corrected chi connectivity index (χ0v) is 11.5. The van der Waals surface area contributed by atoms with Crippen molar-refractivity contribution in [3.8, 4) is 0 Å². The molecule has 1 aliphatic heterocycles. The van der Waals surface area contributed by atoms with Crippen LogP contribution in [-0.2, 0) is 4.74 Å². The van der Waals surface area contributed by atoms with E-state index in [4.69, 9.17) is 4.74 Å². The number of halogens is 3. The molecule has 19 heavy (non-hydrogen) atoms. The van der Waals surface area contributed by atoms with Gasteiger partial charge in [0.25, 0.3) is 0 Å². The molecule has 1 saturated carbocycles. The van der Waals surface area contributed by atoms with Crippen LogP contribution in [0, 0.1) is 11.8 Å². The Balaban J connectivity index is 1.81. The molecule has 1 heterocycles. The zero-order valence-electron chi connectivity index (χ0n) is 11.5. The van der Waals surface area contributed by atoms with E-state index in [1.807, 2.05) is 0 Å². The molecule has 0 spiro atoms. The quantitative estimate of drug-likeness (QED) is 0.853. The molecule has 0 aromatic heterocycles. The number of ether oxygens (including phenoxy) is 1. The van der Waals surface area contributed by atoms with E-state index < -0.39 is 12.1 Å². The predicted octanol–water partition coefficient (Wildman–Crippen LogP) is 3.51. The van der Waals surface area contributed by atoms with Crippen LogP contribution in [0.3, 0.4) is 0 Å². The van der Waals surface area contributed by atoms with Crippen LogP contribution in [0.5, 0.6) is 0 Å². The van der Waals surface area contributed by atoms with Crippen LogP contribution in [0.1, 0.15) is 45.4 Å². The Kier molecular flexibility index (Phi) is 5.12. The monoisotopic (exact) mass is 279 g/mol. The third kappa shape index (κ3) is 4.35. The summed E-state index contributed by atoms with van der Waals surface area (Å²) in [5, 5.41) is 3.44. The van der Waals surface area contributed by atoms with Gasteiger partial charge in [0.05, 0.1) is 5.92 Å². The summed E-state index contributed by atoms with van der Waals surface area (Å²) in [6.45, 7) is 3.67. The molecule has 2 rings (SSSR count). The van der Waals surface area contributed by atoms with Gasteiger partial charge >= 0.3 is 6.18 Å². The number of alkyl halides is 3. The van der Waals surface area contributed by atoms with Gasteiger partial charge in [-0.05, 0) is 44.9 Å². The molecule has 3 atom stereocenters. The Morgan fingerprint density at radius 2 is 1.79 bits per heavy atom. The fourth-order valence-corrected chi connectivity index (χ4v) is 3.36. The van der Waals surface area contributed by atoms with Gasteiger partial charge in [0.15, 0.2) is 0 Å². The molecule has 112 valence electrons. The van der Waals surface area contributed by atoms with Crippen LogP contribution in [0.15, 0.2) is 0 Å². The van der Waals surface area contributed by atoms with Crippen LogP contribution in [0.25, 0.3) is 0 Å². The standard InChI is InChI=1S/C14H24F3NO/c1-10(11-5-7-19-8-6-11)18-13-4-2-3-12(9-13)14(15,16)17/h10-13,18H,2-9H2,1H3. The molecular weight excluding hydrogens is 255 g/mol. The average molecular weight is 279 g/mol. The van der Waals surface area contributed by atoms with Crippen molar-refractivity contribution in [3.05, 3.63) is 0 Å². The van der Waals surface area contributed by atoms with E-state index in [-0.39, 0.29) is 12.5 Å². The molecule has 5 heteroatoms. The highest BCUT2D eigenvalue weighted by Crippen LogP contribution is 2.37. The smallest absolute Gasteiger partial charge is 0.381 e. The van der Waals surface area contributed by atoms with Crippen LogP contribution in [-0.4, -0.2) is 31.5 Å². The Morgan fingerprint density at radius 3 is 2.42 bits per heavy atom. The summed E-state index contributed by atoms with van der Waals surface area (Å²) in [6, 6.07) is 0.319. The first kappa shape index (κ1) is 15.1. The molecule has 2 aliphatic rings. The molecule has 0 amide bonds. The second kappa shape index (κ2) is 6.44. The maximum atomic E-state index is 12.8. The first-order valence-corrected chi connectivity index (χ1v) is 7.37. The van der Waals surface area contributed by atoms with Crippen molar-refractivity contribution in [2.45, 2.75) is 63.7 Å². The average Bonchev–Trinajstić information content (AvgIpc) is 2.39. The summed E-state index contributed by atoms with van der Waals surface area (Å²) < 4.78 is 43.6. The lowest BCUT2D eigenvalue weighted by atomic mass is 9.84. The summed E-state index contributed by atoms with van der Waals surface area (Å²) in [5.41, 5.74) is 0. The highest BCUT2D eigenvalue weighted by molar-refractivity contribution is 4.85. The molecule has 1 aliphatic carbocycles. The highest BCUT2D eigenvalue weighted by Gasteiger charge is 2.42.